The summed E-state index contributed by atoms with van der Waals surface area (Å²) >= 11 is 0. The molecule has 0 radical (unpaired) electrons. The second kappa shape index (κ2) is 18.5. The Morgan fingerprint density at radius 1 is 0.457 bits per heavy atom. The molecule has 0 amide bonds. The minimum atomic E-state index is -4.98. The first-order valence-corrected chi connectivity index (χ1v) is 11.2. The zero-order valence-electron chi connectivity index (χ0n) is 20.4. The Kier molecular flexibility index (Phi) is 18.1. The van der Waals surface area contributed by atoms with E-state index in [4.69, 9.17) is 0 Å². The molecule has 0 unspecified atom stereocenters. The Morgan fingerprint density at radius 3 is 0.886 bits per heavy atom. The third kappa shape index (κ3) is 24.1. The third-order valence-electron chi connectivity index (χ3n) is 4.33. The lowest BCUT2D eigenvalue weighted by Crippen LogP contribution is -2.25. The van der Waals surface area contributed by atoms with Crippen molar-refractivity contribution in [1.29, 1.82) is 0 Å². The smallest absolute Gasteiger partial charge is 0.300 e. The lowest BCUT2D eigenvalue weighted by Gasteiger charge is -2.04. The number of carbonyl (C=O) groups excluding carboxylic acids is 8. The van der Waals surface area contributed by atoms with Gasteiger partial charge in [-0.05, 0) is 46.5 Å². The van der Waals surface area contributed by atoms with Gasteiger partial charge >= 0.3 is 6.18 Å². The minimum Gasteiger partial charge on any atom is -0.300 e. The molecule has 11 heteroatoms. The van der Waals surface area contributed by atoms with E-state index >= 15 is 0 Å². The maximum atomic E-state index is 11.8. The van der Waals surface area contributed by atoms with Gasteiger partial charge < -0.3 is 0 Å². The zero-order chi connectivity index (χ0) is 27.6. The summed E-state index contributed by atoms with van der Waals surface area (Å²) in [5.74, 6) is -3.76. The summed E-state index contributed by atoms with van der Waals surface area (Å²) in [5, 5.41) is 0. The van der Waals surface area contributed by atoms with Crippen molar-refractivity contribution in [1.82, 2.24) is 0 Å². The molecule has 0 bridgehead atoms. The van der Waals surface area contributed by atoms with E-state index < -0.39 is 24.2 Å². The SMILES string of the molecule is CC(=O)CC(=O)CCCCC(=O)CC(=O)C(F)(F)F.CC(=O)CC(=O)CCCCC(=O)CC(C)=O. The molecule has 0 rings (SSSR count). The minimum absolute atomic E-state index is 0.0125. The molecule has 8 nitrogen and oxygen atoms in total. The number of Topliss-reactive ketones (excluding diaryl/α,β-unsaturated/α-hetero) is 8. The molecular weight excluding hydrogens is 473 g/mol. The first kappa shape index (κ1) is 34.3. The van der Waals surface area contributed by atoms with Crippen LogP contribution in [0.3, 0.4) is 0 Å². The number of hydrogen-bond acceptors (Lipinski definition) is 8. The van der Waals surface area contributed by atoms with Gasteiger partial charge in [0.25, 0.3) is 0 Å². The average molecular weight is 507 g/mol. The van der Waals surface area contributed by atoms with Crippen molar-refractivity contribution in [2.45, 2.75) is 104 Å². The number of carbonyl (C=O) groups is 8. The van der Waals surface area contributed by atoms with Crippen molar-refractivity contribution in [2.75, 3.05) is 0 Å². The molecular formula is C24H33F3O8. The number of ketones is 8. The Hall–Kier alpha value is -2.85. The molecule has 0 aromatic rings. The standard InChI is InChI=1S/C12H15F3O4.C12H18O4/c1-8(16)6-9(17)4-2-3-5-10(18)7-11(19)12(13,14)15;1-9(13)7-11(15)5-3-4-6-12(16)8-10(2)14/h2-7H2,1H3;3-8H2,1-2H3. The number of hydrogen-bond donors (Lipinski definition) is 0. The monoisotopic (exact) mass is 506 g/mol. The van der Waals surface area contributed by atoms with Gasteiger partial charge in [-0.1, -0.05) is 0 Å². The fraction of sp³-hybridized carbons (Fsp3) is 0.667. The predicted molar refractivity (Wildman–Crippen MR) is 119 cm³/mol. The molecule has 198 valence electrons. The van der Waals surface area contributed by atoms with Crippen LogP contribution in [-0.2, 0) is 38.4 Å². The number of unbranched alkanes of at least 4 members (excludes halogenated alkanes) is 2. The summed E-state index contributed by atoms with van der Waals surface area (Å²) in [6.45, 7) is 4.05. The molecule has 0 saturated carbocycles. The molecule has 0 N–H and O–H groups in total. The average Bonchev–Trinajstić information content (AvgIpc) is 2.66. The van der Waals surface area contributed by atoms with Crippen LogP contribution < -0.4 is 0 Å². The van der Waals surface area contributed by atoms with E-state index in [1.54, 1.807) is 0 Å². The second-order valence-electron chi connectivity index (χ2n) is 8.30. The molecule has 0 spiro atoms. The molecule has 0 aromatic carbocycles. The number of halogens is 3. The Bertz CT molecular complexity index is 767. The molecule has 0 atom stereocenters. The zero-order valence-corrected chi connectivity index (χ0v) is 20.4. The largest absolute Gasteiger partial charge is 0.450 e. The van der Waals surface area contributed by atoms with E-state index in [-0.39, 0.29) is 73.2 Å². The van der Waals surface area contributed by atoms with Gasteiger partial charge in [0.2, 0.25) is 5.78 Å². The van der Waals surface area contributed by atoms with Gasteiger partial charge in [-0.2, -0.15) is 13.2 Å². The maximum Gasteiger partial charge on any atom is 0.450 e. The van der Waals surface area contributed by atoms with Crippen molar-refractivity contribution >= 4 is 46.3 Å². The van der Waals surface area contributed by atoms with E-state index in [9.17, 15) is 51.5 Å². The Labute approximate surface area is 202 Å². The molecule has 0 fully saturated rings. The molecule has 0 aliphatic heterocycles. The van der Waals surface area contributed by atoms with E-state index in [0.717, 1.165) is 0 Å². The van der Waals surface area contributed by atoms with Crippen LogP contribution in [0.5, 0.6) is 0 Å². The van der Waals surface area contributed by atoms with Gasteiger partial charge in [0.15, 0.2) is 0 Å². The summed E-state index contributed by atoms with van der Waals surface area (Å²) in [4.78, 5) is 86.7. The highest BCUT2D eigenvalue weighted by molar-refractivity contribution is 6.01. The molecule has 0 heterocycles. The van der Waals surface area contributed by atoms with E-state index in [1.807, 2.05) is 0 Å². The number of alkyl halides is 3. The summed E-state index contributed by atoms with van der Waals surface area (Å²) in [6, 6.07) is 0. The topological polar surface area (TPSA) is 137 Å². The third-order valence-corrected chi connectivity index (χ3v) is 4.33. The first-order chi connectivity index (χ1) is 16.0. The lowest BCUT2D eigenvalue weighted by molar-refractivity contribution is -0.171. The van der Waals surface area contributed by atoms with Crippen molar-refractivity contribution in [3.8, 4) is 0 Å². The molecule has 0 saturated heterocycles. The second-order valence-corrected chi connectivity index (χ2v) is 8.30. The summed E-state index contributed by atoms with van der Waals surface area (Å²) in [7, 11) is 0. The van der Waals surface area contributed by atoms with Crippen molar-refractivity contribution < 1.29 is 51.5 Å². The van der Waals surface area contributed by atoms with E-state index in [0.29, 0.717) is 32.1 Å². The van der Waals surface area contributed by atoms with Gasteiger partial charge in [-0.15, -0.1) is 0 Å². The van der Waals surface area contributed by atoms with Crippen molar-refractivity contribution in [3.63, 3.8) is 0 Å². The fourth-order valence-corrected chi connectivity index (χ4v) is 2.75. The van der Waals surface area contributed by atoms with Crippen LogP contribution in [0.1, 0.15) is 97.8 Å². The molecule has 0 aromatic heterocycles. The summed E-state index contributed by atoms with van der Waals surface area (Å²) in [5.41, 5.74) is 0. The highest BCUT2D eigenvalue weighted by Gasteiger charge is 2.38. The van der Waals surface area contributed by atoms with Gasteiger partial charge in [0.1, 0.15) is 40.5 Å². The number of rotatable bonds is 18. The van der Waals surface area contributed by atoms with Gasteiger partial charge in [-0.25, -0.2) is 0 Å². The highest BCUT2D eigenvalue weighted by Crippen LogP contribution is 2.18. The molecule has 0 aliphatic carbocycles. The van der Waals surface area contributed by atoms with Crippen LogP contribution in [0.15, 0.2) is 0 Å². The fourth-order valence-electron chi connectivity index (χ4n) is 2.75. The highest BCUT2D eigenvalue weighted by atomic mass is 19.4. The van der Waals surface area contributed by atoms with Crippen LogP contribution in [0, 0.1) is 0 Å². The van der Waals surface area contributed by atoms with Gasteiger partial charge in [0, 0.05) is 25.7 Å². The van der Waals surface area contributed by atoms with Crippen LogP contribution in [0.2, 0.25) is 0 Å². The molecule has 0 aliphatic rings. The normalized spacial score (nSPS) is 10.6. The van der Waals surface area contributed by atoms with E-state index in [1.165, 1.54) is 20.8 Å². The summed E-state index contributed by atoms with van der Waals surface area (Å²) in [6.07, 6.45) is -3.94. The van der Waals surface area contributed by atoms with Crippen LogP contribution in [-0.4, -0.2) is 52.4 Å². The van der Waals surface area contributed by atoms with Gasteiger partial charge in [-0.3, -0.25) is 38.4 Å². The predicted octanol–water partition coefficient (Wildman–Crippen LogP) is 3.83. The maximum absolute atomic E-state index is 11.8. The Morgan fingerprint density at radius 2 is 0.686 bits per heavy atom. The van der Waals surface area contributed by atoms with Crippen LogP contribution in [0.4, 0.5) is 13.2 Å². The van der Waals surface area contributed by atoms with Crippen molar-refractivity contribution in [2.24, 2.45) is 0 Å². The molecule has 35 heavy (non-hydrogen) atoms. The Balaban J connectivity index is 0. The first-order valence-electron chi connectivity index (χ1n) is 11.2. The van der Waals surface area contributed by atoms with Crippen molar-refractivity contribution in [3.05, 3.63) is 0 Å². The van der Waals surface area contributed by atoms with Gasteiger partial charge in [0.05, 0.1) is 25.7 Å². The van der Waals surface area contributed by atoms with E-state index in [2.05, 4.69) is 0 Å². The lowest BCUT2D eigenvalue weighted by atomic mass is 10.0. The quantitative estimate of drug-likeness (QED) is 0.202. The van der Waals surface area contributed by atoms with Crippen LogP contribution >= 0.6 is 0 Å². The van der Waals surface area contributed by atoms with Crippen LogP contribution in [0.25, 0.3) is 0 Å². The summed E-state index contributed by atoms with van der Waals surface area (Å²) < 4.78 is 35.5.